The Bertz CT molecular complexity index is 225. The molecule has 0 unspecified atom stereocenters. The highest BCUT2D eigenvalue weighted by Crippen LogP contribution is 2.61. The average Bonchev–Trinajstić information content (AvgIpc) is 2.28. The molecule has 3 nitrogen and oxygen atoms in total. The molecule has 13 heavy (non-hydrogen) atoms. The summed E-state index contributed by atoms with van der Waals surface area (Å²) in [6, 6.07) is 0. The van der Waals surface area contributed by atoms with Crippen LogP contribution in [-0.2, 0) is 4.79 Å². The van der Waals surface area contributed by atoms with Crippen LogP contribution in [0.4, 0.5) is 0 Å². The number of carboxylic acid groups (broad SMARTS) is 1. The highest BCUT2D eigenvalue weighted by molar-refractivity contribution is 5.75. The molecule has 0 aromatic carbocycles. The van der Waals surface area contributed by atoms with Crippen molar-refractivity contribution in [2.24, 2.45) is 17.3 Å². The maximum absolute atomic E-state index is 10.8. The van der Waals surface area contributed by atoms with E-state index in [0.29, 0.717) is 6.42 Å². The van der Waals surface area contributed by atoms with Crippen molar-refractivity contribution in [3.8, 4) is 0 Å². The zero-order chi connectivity index (χ0) is 10.4. The minimum Gasteiger partial charge on any atom is -0.481 e. The number of hydrogen-bond donors (Lipinski definition) is 2. The maximum Gasteiger partial charge on any atom is 0.307 e. The molecule has 0 spiro atoms. The van der Waals surface area contributed by atoms with Crippen LogP contribution in [0.2, 0.25) is 0 Å². The number of carbonyl (C=O) groups is 1. The van der Waals surface area contributed by atoms with E-state index >= 15 is 0 Å². The van der Waals surface area contributed by atoms with E-state index in [9.17, 15) is 9.90 Å². The predicted molar refractivity (Wildman–Crippen MR) is 49.3 cm³/mol. The van der Waals surface area contributed by atoms with Gasteiger partial charge in [-0.1, -0.05) is 13.8 Å². The van der Waals surface area contributed by atoms with Gasteiger partial charge < -0.3 is 10.2 Å². The zero-order valence-electron chi connectivity index (χ0n) is 8.66. The van der Waals surface area contributed by atoms with E-state index < -0.39 is 11.6 Å². The largest absolute Gasteiger partial charge is 0.481 e. The fourth-order valence-corrected chi connectivity index (χ4v) is 2.15. The summed E-state index contributed by atoms with van der Waals surface area (Å²) in [6.45, 7) is 7.34. The topological polar surface area (TPSA) is 57.5 Å². The first-order valence-electron chi connectivity index (χ1n) is 4.61. The van der Waals surface area contributed by atoms with Crippen molar-refractivity contribution < 1.29 is 15.0 Å². The van der Waals surface area contributed by atoms with Gasteiger partial charge in [0.2, 0.25) is 0 Å². The summed E-state index contributed by atoms with van der Waals surface area (Å²) < 4.78 is 0. The molecule has 0 bridgehead atoms. The van der Waals surface area contributed by atoms with Gasteiger partial charge in [0.05, 0.1) is 11.5 Å². The van der Waals surface area contributed by atoms with Gasteiger partial charge in [-0.25, -0.2) is 0 Å². The van der Waals surface area contributed by atoms with Gasteiger partial charge in [0.15, 0.2) is 0 Å². The quantitative estimate of drug-likeness (QED) is 0.702. The lowest BCUT2D eigenvalue weighted by Crippen LogP contribution is -2.20. The molecule has 76 valence electrons. The van der Waals surface area contributed by atoms with Gasteiger partial charge in [-0.15, -0.1) is 0 Å². The van der Waals surface area contributed by atoms with E-state index in [1.165, 1.54) is 0 Å². The zero-order valence-corrected chi connectivity index (χ0v) is 8.66. The van der Waals surface area contributed by atoms with E-state index in [4.69, 9.17) is 5.11 Å². The molecule has 0 amide bonds. The molecule has 0 saturated heterocycles. The summed E-state index contributed by atoms with van der Waals surface area (Å²) in [7, 11) is 0. The number of aliphatic carboxylic acids is 1. The van der Waals surface area contributed by atoms with Gasteiger partial charge in [-0.2, -0.15) is 0 Å². The second kappa shape index (κ2) is 2.71. The summed E-state index contributed by atoms with van der Waals surface area (Å²) >= 11 is 0. The molecule has 1 aliphatic rings. The summed E-state index contributed by atoms with van der Waals surface area (Å²) in [5.41, 5.74) is -0.905. The molecule has 0 aliphatic heterocycles. The van der Waals surface area contributed by atoms with Crippen molar-refractivity contribution in [1.29, 1.82) is 0 Å². The number of rotatable bonds is 3. The molecule has 0 aromatic rings. The van der Waals surface area contributed by atoms with Crippen LogP contribution in [0.15, 0.2) is 0 Å². The summed E-state index contributed by atoms with van der Waals surface area (Å²) in [4.78, 5) is 10.8. The fraction of sp³-hybridized carbons (Fsp3) is 0.900. The van der Waals surface area contributed by atoms with Crippen LogP contribution < -0.4 is 0 Å². The van der Waals surface area contributed by atoms with Crippen LogP contribution in [0, 0.1) is 17.3 Å². The van der Waals surface area contributed by atoms with Crippen molar-refractivity contribution in [2.75, 3.05) is 0 Å². The standard InChI is InChI=1S/C10H18O3/c1-9(2,13)5-6-7(8(11)12)10(6,3)4/h6-7,13H,5H2,1-4H3,(H,11,12)/t6-,7+/m1/s1. The number of aliphatic hydroxyl groups is 1. The third-order valence-corrected chi connectivity index (χ3v) is 3.04. The van der Waals surface area contributed by atoms with Crippen molar-refractivity contribution in [1.82, 2.24) is 0 Å². The lowest BCUT2D eigenvalue weighted by atomic mass is 9.97. The van der Waals surface area contributed by atoms with Crippen LogP contribution in [-0.4, -0.2) is 21.8 Å². The lowest BCUT2D eigenvalue weighted by molar-refractivity contribution is -0.139. The van der Waals surface area contributed by atoms with Gasteiger partial charge in [0.25, 0.3) is 0 Å². The molecular formula is C10H18O3. The minimum atomic E-state index is -0.758. The summed E-state index contributed by atoms with van der Waals surface area (Å²) in [6.07, 6.45) is 0.566. The van der Waals surface area contributed by atoms with Crippen LogP contribution in [0.1, 0.15) is 34.1 Å². The molecule has 1 aliphatic carbocycles. The summed E-state index contributed by atoms with van der Waals surface area (Å²) in [5.74, 6) is -0.900. The van der Waals surface area contributed by atoms with E-state index in [-0.39, 0.29) is 17.3 Å². The smallest absolute Gasteiger partial charge is 0.307 e. The molecule has 0 aromatic heterocycles. The Morgan fingerprint density at radius 1 is 1.46 bits per heavy atom. The van der Waals surface area contributed by atoms with Gasteiger partial charge in [-0.05, 0) is 31.6 Å². The molecule has 2 atom stereocenters. The van der Waals surface area contributed by atoms with Gasteiger partial charge >= 0.3 is 5.97 Å². The first-order chi connectivity index (χ1) is 5.66. The Labute approximate surface area is 78.8 Å². The Morgan fingerprint density at radius 2 is 1.92 bits per heavy atom. The van der Waals surface area contributed by atoms with Crippen molar-refractivity contribution in [3.63, 3.8) is 0 Å². The molecule has 2 N–H and O–H groups in total. The van der Waals surface area contributed by atoms with Crippen molar-refractivity contribution in [3.05, 3.63) is 0 Å². The SMILES string of the molecule is CC(C)(O)C[C@@H]1[C@@H](C(=O)O)C1(C)C. The average molecular weight is 186 g/mol. The predicted octanol–water partition coefficient (Wildman–Crippen LogP) is 1.50. The molecule has 1 fully saturated rings. The minimum absolute atomic E-state index is 0.116. The molecular weight excluding hydrogens is 168 g/mol. The van der Waals surface area contributed by atoms with E-state index in [1.807, 2.05) is 13.8 Å². The van der Waals surface area contributed by atoms with Crippen LogP contribution in [0.3, 0.4) is 0 Å². The Hall–Kier alpha value is -0.570. The van der Waals surface area contributed by atoms with Crippen molar-refractivity contribution in [2.45, 2.75) is 39.7 Å². The Balaban J connectivity index is 2.61. The number of carboxylic acids is 1. The first-order valence-corrected chi connectivity index (χ1v) is 4.61. The molecule has 0 radical (unpaired) electrons. The van der Waals surface area contributed by atoms with Crippen LogP contribution >= 0.6 is 0 Å². The van der Waals surface area contributed by atoms with Crippen LogP contribution in [0.25, 0.3) is 0 Å². The maximum atomic E-state index is 10.8. The fourth-order valence-electron chi connectivity index (χ4n) is 2.15. The van der Waals surface area contributed by atoms with Crippen LogP contribution in [0.5, 0.6) is 0 Å². The highest BCUT2D eigenvalue weighted by atomic mass is 16.4. The second-order valence-corrected chi connectivity index (χ2v) is 5.26. The third-order valence-electron chi connectivity index (χ3n) is 3.04. The normalized spacial score (nSPS) is 31.5. The highest BCUT2D eigenvalue weighted by Gasteiger charge is 2.62. The van der Waals surface area contributed by atoms with E-state index in [1.54, 1.807) is 13.8 Å². The molecule has 1 rings (SSSR count). The molecule has 1 saturated carbocycles. The Kier molecular flexibility index (Phi) is 2.19. The number of hydrogen-bond acceptors (Lipinski definition) is 2. The second-order valence-electron chi connectivity index (χ2n) is 5.26. The molecule has 3 heteroatoms. The third kappa shape index (κ3) is 2.02. The summed E-state index contributed by atoms with van der Waals surface area (Å²) in [5, 5.41) is 18.4. The van der Waals surface area contributed by atoms with Gasteiger partial charge in [0.1, 0.15) is 0 Å². The Morgan fingerprint density at radius 3 is 2.15 bits per heavy atom. The van der Waals surface area contributed by atoms with Crippen molar-refractivity contribution >= 4 is 5.97 Å². The van der Waals surface area contributed by atoms with Gasteiger partial charge in [-0.3, -0.25) is 4.79 Å². The molecule has 0 heterocycles. The van der Waals surface area contributed by atoms with E-state index in [0.717, 1.165) is 0 Å². The lowest BCUT2D eigenvalue weighted by Gasteiger charge is -2.17. The van der Waals surface area contributed by atoms with Gasteiger partial charge in [0, 0.05) is 0 Å². The first kappa shape index (κ1) is 10.5. The van der Waals surface area contributed by atoms with E-state index in [2.05, 4.69) is 0 Å². The monoisotopic (exact) mass is 186 g/mol.